The van der Waals surface area contributed by atoms with Crippen molar-refractivity contribution in [2.75, 3.05) is 17.2 Å². The van der Waals surface area contributed by atoms with Gasteiger partial charge >= 0.3 is 0 Å². The van der Waals surface area contributed by atoms with Crippen LogP contribution in [0.5, 0.6) is 0 Å². The van der Waals surface area contributed by atoms with E-state index < -0.39 is 0 Å². The summed E-state index contributed by atoms with van der Waals surface area (Å²) in [5.41, 5.74) is 5.19. The Labute approximate surface area is 249 Å². The molecule has 0 spiro atoms. The van der Waals surface area contributed by atoms with Crippen LogP contribution < -0.4 is 14.9 Å². The number of nitrogens with zero attached hydrogens (tertiary/aromatic N) is 1. The molecule has 0 bridgehead atoms. The number of fused-ring (bicyclic) bond motifs is 2. The average Bonchev–Trinajstić information content (AvgIpc) is 2.98. The number of thiol groups is 1. The molecular formula is C31H31N3O3S3. The van der Waals surface area contributed by atoms with Crippen molar-refractivity contribution in [3.8, 4) is 11.8 Å². The largest absolute Gasteiger partial charge is 0.355 e. The minimum atomic E-state index is -0.228. The van der Waals surface area contributed by atoms with Crippen molar-refractivity contribution in [1.29, 1.82) is 0 Å². The predicted octanol–water partition coefficient (Wildman–Crippen LogP) is 5.94. The van der Waals surface area contributed by atoms with Crippen LogP contribution in [0, 0.1) is 11.8 Å². The van der Waals surface area contributed by atoms with Gasteiger partial charge in [-0.1, -0.05) is 95.6 Å². The van der Waals surface area contributed by atoms with Gasteiger partial charge in [0.05, 0.1) is 12.2 Å². The summed E-state index contributed by atoms with van der Waals surface area (Å²) in [6.07, 6.45) is 1.20. The molecule has 1 atom stereocenters. The van der Waals surface area contributed by atoms with Crippen molar-refractivity contribution in [3.05, 3.63) is 101 Å². The van der Waals surface area contributed by atoms with Crippen molar-refractivity contribution < 1.29 is 14.4 Å². The highest BCUT2D eigenvalue weighted by atomic mass is 33.1. The zero-order valence-corrected chi connectivity index (χ0v) is 24.7. The Bertz CT molecular complexity index is 1420. The summed E-state index contributed by atoms with van der Waals surface area (Å²) in [5, 5.41) is 3.22. The summed E-state index contributed by atoms with van der Waals surface area (Å²) in [5.74, 6) is 6.70. The monoisotopic (exact) mass is 589 g/mol. The van der Waals surface area contributed by atoms with Gasteiger partial charge in [0, 0.05) is 47.1 Å². The summed E-state index contributed by atoms with van der Waals surface area (Å²) in [7, 11) is 3.45. The van der Waals surface area contributed by atoms with Crippen LogP contribution in [-0.2, 0) is 16.1 Å². The highest BCUT2D eigenvalue weighted by molar-refractivity contribution is 8.76. The van der Waals surface area contributed by atoms with E-state index in [-0.39, 0.29) is 35.8 Å². The Balaban J connectivity index is 1.24. The molecule has 9 heteroatoms. The minimum absolute atomic E-state index is 0.102. The van der Waals surface area contributed by atoms with Crippen LogP contribution >= 0.6 is 34.4 Å². The van der Waals surface area contributed by atoms with Gasteiger partial charge in [0.25, 0.3) is 5.91 Å². The van der Waals surface area contributed by atoms with Gasteiger partial charge in [0.1, 0.15) is 0 Å². The number of para-hydroxylation sites is 1. The molecule has 0 radical (unpaired) electrons. The lowest BCUT2D eigenvalue weighted by atomic mass is 10.0. The molecule has 3 aromatic carbocycles. The number of anilines is 1. The fraction of sp³-hybridized carbons (Fsp3) is 0.258. The maximum atomic E-state index is 13.3. The number of hydrogen-bond donors (Lipinski definition) is 3. The van der Waals surface area contributed by atoms with Crippen molar-refractivity contribution in [1.82, 2.24) is 10.0 Å². The van der Waals surface area contributed by atoms with Gasteiger partial charge < -0.3 is 10.2 Å². The third-order valence-electron chi connectivity index (χ3n) is 6.45. The van der Waals surface area contributed by atoms with Crippen molar-refractivity contribution in [2.24, 2.45) is 0 Å². The van der Waals surface area contributed by atoms with Crippen molar-refractivity contribution >= 4 is 57.8 Å². The molecule has 1 heterocycles. The van der Waals surface area contributed by atoms with Crippen molar-refractivity contribution in [3.63, 3.8) is 0 Å². The first kappa shape index (κ1) is 29.7. The second-order valence-electron chi connectivity index (χ2n) is 9.13. The SMILES string of the molecule is CCC(SSCCNC(=O)CCC(=O)N1Cc2ccccc2C#Cc2ccccc21)c1ccc(C(=O)NS)cc1. The normalized spacial score (nSPS) is 12.5. The maximum Gasteiger partial charge on any atom is 0.260 e. The quantitative estimate of drug-likeness (QED) is 0.112. The van der Waals surface area contributed by atoms with E-state index in [1.165, 1.54) is 0 Å². The molecule has 0 aromatic heterocycles. The Hall–Kier alpha value is -3.32. The Morgan fingerprint density at radius 2 is 1.65 bits per heavy atom. The molecule has 0 saturated heterocycles. The summed E-state index contributed by atoms with van der Waals surface area (Å²) < 4.78 is 2.33. The van der Waals surface area contributed by atoms with E-state index in [0.29, 0.717) is 18.7 Å². The number of carbonyl (C=O) groups excluding carboxylic acids is 3. The van der Waals surface area contributed by atoms with Crippen LogP contribution in [0.15, 0.2) is 72.8 Å². The molecule has 1 aliphatic rings. The molecule has 0 saturated carbocycles. The minimum Gasteiger partial charge on any atom is -0.355 e. The van der Waals surface area contributed by atoms with Gasteiger partial charge in [-0.2, -0.15) is 0 Å². The van der Waals surface area contributed by atoms with E-state index >= 15 is 0 Å². The number of nitrogens with one attached hydrogen (secondary N) is 2. The van der Waals surface area contributed by atoms with Crippen LogP contribution in [-0.4, -0.2) is 30.0 Å². The topological polar surface area (TPSA) is 78.5 Å². The molecule has 3 aromatic rings. The fourth-order valence-corrected chi connectivity index (χ4v) is 7.04. The lowest BCUT2D eigenvalue weighted by molar-refractivity contribution is -0.125. The van der Waals surface area contributed by atoms with E-state index in [9.17, 15) is 14.4 Å². The molecule has 206 valence electrons. The Morgan fingerprint density at radius 3 is 2.40 bits per heavy atom. The van der Waals surface area contributed by atoms with Gasteiger partial charge in [0.15, 0.2) is 0 Å². The predicted molar refractivity (Wildman–Crippen MR) is 168 cm³/mol. The molecule has 4 rings (SSSR count). The van der Waals surface area contributed by atoms with E-state index in [1.807, 2.05) is 60.7 Å². The lowest BCUT2D eigenvalue weighted by Gasteiger charge is -2.26. The molecule has 6 nitrogen and oxygen atoms in total. The zero-order valence-electron chi connectivity index (χ0n) is 22.2. The van der Waals surface area contributed by atoms with Gasteiger partial charge in [0.2, 0.25) is 11.8 Å². The molecule has 0 fully saturated rings. The third-order valence-corrected chi connectivity index (χ3v) is 9.60. The average molecular weight is 590 g/mol. The van der Waals surface area contributed by atoms with Crippen LogP contribution in [0.2, 0.25) is 0 Å². The molecule has 1 unspecified atom stereocenters. The number of carbonyl (C=O) groups is 3. The highest BCUT2D eigenvalue weighted by Crippen LogP contribution is 2.40. The van der Waals surface area contributed by atoms with Gasteiger partial charge in [-0.3, -0.25) is 19.1 Å². The molecule has 40 heavy (non-hydrogen) atoms. The second-order valence-corrected chi connectivity index (χ2v) is 12.0. The van der Waals surface area contributed by atoms with Crippen molar-refractivity contribution in [2.45, 2.75) is 38.0 Å². The first-order valence-corrected chi connectivity index (χ1v) is 15.9. The first-order chi connectivity index (χ1) is 19.5. The van der Waals surface area contributed by atoms with E-state index in [1.54, 1.807) is 38.6 Å². The molecule has 2 N–H and O–H groups in total. The summed E-state index contributed by atoms with van der Waals surface area (Å²) >= 11 is 3.81. The highest BCUT2D eigenvalue weighted by Gasteiger charge is 2.21. The van der Waals surface area contributed by atoms with Crippen LogP contribution in [0.3, 0.4) is 0 Å². The number of benzene rings is 3. The molecular weight excluding hydrogens is 559 g/mol. The van der Waals surface area contributed by atoms with Crippen LogP contribution in [0.25, 0.3) is 0 Å². The van der Waals surface area contributed by atoms with Gasteiger partial charge in [-0.15, -0.1) is 0 Å². The number of amides is 3. The summed E-state index contributed by atoms with van der Waals surface area (Å²) in [4.78, 5) is 39.3. The van der Waals surface area contributed by atoms with Gasteiger partial charge in [-0.25, -0.2) is 0 Å². The lowest BCUT2D eigenvalue weighted by Crippen LogP contribution is -2.33. The van der Waals surface area contributed by atoms with Crippen LogP contribution in [0.4, 0.5) is 5.69 Å². The number of rotatable bonds is 11. The zero-order chi connectivity index (χ0) is 28.3. The van der Waals surface area contributed by atoms with Gasteiger partial charge in [-0.05, 0) is 47.9 Å². The molecule has 1 aliphatic heterocycles. The van der Waals surface area contributed by atoms with E-state index in [2.05, 4.69) is 41.6 Å². The fourth-order valence-electron chi connectivity index (χ4n) is 4.29. The number of hydrogen-bond acceptors (Lipinski definition) is 6. The van der Waals surface area contributed by atoms with E-state index in [4.69, 9.17) is 0 Å². The first-order valence-electron chi connectivity index (χ1n) is 13.1. The Kier molecular flexibility index (Phi) is 11.0. The maximum absolute atomic E-state index is 13.3. The molecule has 0 aliphatic carbocycles. The summed E-state index contributed by atoms with van der Waals surface area (Å²) in [6, 6.07) is 23.0. The van der Waals surface area contributed by atoms with E-state index in [0.717, 1.165) is 40.1 Å². The standard InChI is InChI=1S/C31H31N3O3S3/c1-2-28(24-13-15-25(16-14-24)31(37)33-38)40-39-20-19-32-29(35)17-18-30(36)34-21-26-9-4-3-7-22(26)11-12-23-8-5-6-10-27(23)34/h3-10,13-16,28,38H,2,17-21H2,1H3,(H,32,35)(H,33,37). The van der Waals surface area contributed by atoms with Crippen LogP contribution in [0.1, 0.15) is 64.0 Å². The second kappa shape index (κ2) is 14.9. The Morgan fingerprint density at radius 1 is 0.950 bits per heavy atom. The summed E-state index contributed by atoms with van der Waals surface area (Å²) in [6.45, 7) is 3.07. The third kappa shape index (κ3) is 7.87. The molecule has 3 amide bonds. The smallest absolute Gasteiger partial charge is 0.260 e.